The molecule has 0 radical (unpaired) electrons. The fraction of sp³-hybridized carbons (Fsp3) is 0.250. The minimum absolute atomic E-state index is 0.0728. The molecule has 0 saturated carbocycles. The third kappa shape index (κ3) is 4.80. The van der Waals surface area contributed by atoms with Gasteiger partial charge in [-0.1, -0.05) is 42.5 Å². The smallest absolute Gasteiger partial charge is 0.211 e. The molecule has 0 aliphatic heterocycles. The van der Waals surface area contributed by atoms with E-state index in [4.69, 9.17) is 0 Å². The Labute approximate surface area is 133 Å². The first kappa shape index (κ1) is 17.5. The van der Waals surface area contributed by atoms with Gasteiger partial charge in [-0.05, 0) is 30.5 Å². The Morgan fingerprint density at radius 3 is 2.17 bits per heavy atom. The SMILES string of the molecule is O=S(=O)(NCCCc1ccccc1)c1ccccc1C(F)(F)F. The van der Waals surface area contributed by atoms with Gasteiger partial charge in [0.25, 0.3) is 0 Å². The van der Waals surface area contributed by atoms with Gasteiger partial charge in [-0.2, -0.15) is 13.2 Å². The van der Waals surface area contributed by atoms with E-state index in [1.807, 2.05) is 30.3 Å². The number of rotatable bonds is 6. The summed E-state index contributed by atoms with van der Waals surface area (Å²) in [6.45, 7) is 0.0728. The van der Waals surface area contributed by atoms with Crippen LogP contribution >= 0.6 is 0 Å². The monoisotopic (exact) mass is 343 g/mol. The Kier molecular flexibility index (Phi) is 5.43. The van der Waals surface area contributed by atoms with Crippen molar-refractivity contribution < 1.29 is 21.6 Å². The van der Waals surface area contributed by atoms with E-state index in [9.17, 15) is 21.6 Å². The number of aryl methyl sites for hydroxylation is 1. The van der Waals surface area contributed by atoms with Crippen LogP contribution in [-0.4, -0.2) is 15.0 Å². The van der Waals surface area contributed by atoms with Crippen LogP contribution in [0.1, 0.15) is 17.5 Å². The molecule has 2 aromatic rings. The van der Waals surface area contributed by atoms with Gasteiger partial charge < -0.3 is 0 Å². The van der Waals surface area contributed by atoms with Crippen LogP contribution in [0.15, 0.2) is 59.5 Å². The van der Waals surface area contributed by atoms with Gasteiger partial charge in [-0.15, -0.1) is 0 Å². The third-order valence-electron chi connectivity index (χ3n) is 3.26. The summed E-state index contributed by atoms with van der Waals surface area (Å²) in [7, 11) is -4.20. The highest BCUT2D eigenvalue weighted by Crippen LogP contribution is 2.33. The molecule has 0 heterocycles. The van der Waals surface area contributed by atoms with Crippen LogP contribution in [-0.2, 0) is 22.6 Å². The molecule has 2 rings (SSSR count). The second-order valence-corrected chi connectivity index (χ2v) is 6.72. The first-order valence-electron chi connectivity index (χ1n) is 7.00. The highest BCUT2D eigenvalue weighted by molar-refractivity contribution is 7.89. The van der Waals surface area contributed by atoms with Crippen LogP contribution < -0.4 is 4.72 Å². The van der Waals surface area contributed by atoms with Gasteiger partial charge in [-0.25, -0.2) is 13.1 Å². The molecule has 3 nitrogen and oxygen atoms in total. The van der Waals surface area contributed by atoms with Crippen LogP contribution in [0.5, 0.6) is 0 Å². The summed E-state index contributed by atoms with van der Waals surface area (Å²) in [4.78, 5) is -0.743. The maximum absolute atomic E-state index is 12.9. The lowest BCUT2D eigenvalue weighted by Crippen LogP contribution is -2.27. The van der Waals surface area contributed by atoms with Crippen molar-refractivity contribution in [1.82, 2.24) is 4.72 Å². The summed E-state index contributed by atoms with van der Waals surface area (Å²) < 4.78 is 65.1. The van der Waals surface area contributed by atoms with E-state index in [1.54, 1.807) is 0 Å². The molecule has 7 heteroatoms. The van der Waals surface area contributed by atoms with Crippen molar-refractivity contribution in [1.29, 1.82) is 0 Å². The second-order valence-electron chi connectivity index (χ2n) is 4.98. The van der Waals surface area contributed by atoms with Crippen LogP contribution in [0.3, 0.4) is 0 Å². The lowest BCUT2D eigenvalue weighted by Gasteiger charge is -2.13. The van der Waals surface area contributed by atoms with E-state index in [0.29, 0.717) is 12.8 Å². The molecule has 0 atom stereocenters. The number of hydrogen-bond acceptors (Lipinski definition) is 2. The van der Waals surface area contributed by atoms with Gasteiger partial charge >= 0.3 is 6.18 Å². The molecule has 2 aromatic carbocycles. The zero-order valence-corrected chi connectivity index (χ0v) is 13.0. The van der Waals surface area contributed by atoms with Crippen LogP contribution in [0.25, 0.3) is 0 Å². The number of alkyl halides is 3. The molecular formula is C16H16F3NO2S. The molecule has 0 amide bonds. The van der Waals surface area contributed by atoms with Crippen molar-refractivity contribution in [3.8, 4) is 0 Å². The number of sulfonamides is 1. The number of benzene rings is 2. The average molecular weight is 343 g/mol. The fourth-order valence-corrected chi connectivity index (χ4v) is 3.46. The summed E-state index contributed by atoms with van der Waals surface area (Å²) in [5.41, 5.74) is -0.113. The summed E-state index contributed by atoms with van der Waals surface area (Å²) in [6, 6.07) is 13.6. The molecule has 0 unspecified atom stereocenters. The summed E-state index contributed by atoms with van der Waals surface area (Å²) in [5, 5.41) is 0. The van der Waals surface area contributed by atoms with Crippen LogP contribution in [0.4, 0.5) is 13.2 Å². The van der Waals surface area contributed by atoms with Gasteiger partial charge in [0.1, 0.15) is 0 Å². The van der Waals surface area contributed by atoms with Gasteiger partial charge in [0, 0.05) is 6.54 Å². The summed E-state index contributed by atoms with van der Waals surface area (Å²) >= 11 is 0. The Hall–Kier alpha value is -1.86. The lowest BCUT2D eigenvalue weighted by atomic mass is 10.1. The Bertz CT molecular complexity index is 743. The number of hydrogen-bond donors (Lipinski definition) is 1. The zero-order chi connectivity index (χ0) is 16.9. The molecule has 0 fully saturated rings. The average Bonchev–Trinajstić information content (AvgIpc) is 2.52. The first-order chi connectivity index (χ1) is 10.8. The maximum atomic E-state index is 12.9. The molecule has 0 aliphatic rings. The van der Waals surface area contributed by atoms with E-state index >= 15 is 0 Å². The normalized spacial score (nSPS) is 12.3. The predicted molar refractivity (Wildman–Crippen MR) is 81.4 cm³/mol. The second kappa shape index (κ2) is 7.14. The molecule has 124 valence electrons. The highest BCUT2D eigenvalue weighted by atomic mass is 32.2. The molecule has 0 bridgehead atoms. The van der Waals surface area contributed by atoms with Gasteiger partial charge in [0.2, 0.25) is 10.0 Å². The number of nitrogens with one attached hydrogen (secondary N) is 1. The van der Waals surface area contributed by atoms with Crippen molar-refractivity contribution in [3.05, 3.63) is 65.7 Å². The van der Waals surface area contributed by atoms with Crippen molar-refractivity contribution in [3.63, 3.8) is 0 Å². The van der Waals surface area contributed by atoms with E-state index in [2.05, 4.69) is 4.72 Å². The fourth-order valence-electron chi connectivity index (χ4n) is 2.16. The first-order valence-corrected chi connectivity index (χ1v) is 8.49. The number of halogens is 3. The third-order valence-corrected chi connectivity index (χ3v) is 4.78. The Morgan fingerprint density at radius 2 is 1.52 bits per heavy atom. The maximum Gasteiger partial charge on any atom is 0.417 e. The van der Waals surface area contributed by atoms with E-state index < -0.39 is 26.7 Å². The quantitative estimate of drug-likeness (QED) is 0.815. The molecule has 0 spiro atoms. The standard InChI is InChI=1S/C16H16F3NO2S/c17-16(18,19)14-10-4-5-11-15(14)23(21,22)20-12-6-9-13-7-2-1-3-8-13/h1-5,7-8,10-11,20H,6,9,12H2. The largest absolute Gasteiger partial charge is 0.417 e. The van der Waals surface area contributed by atoms with Gasteiger partial charge in [-0.3, -0.25) is 0 Å². The van der Waals surface area contributed by atoms with Gasteiger partial charge in [0.05, 0.1) is 10.5 Å². The molecule has 1 N–H and O–H groups in total. The Morgan fingerprint density at radius 1 is 0.913 bits per heavy atom. The van der Waals surface area contributed by atoms with Crippen molar-refractivity contribution in [2.45, 2.75) is 23.9 Å². The molecule has 23 heavy (non-hydrogen) atoms. The molecule has 0 saturated heterocycles. The summed E-state index contributed by atoms with van der Waals surface area (Å²) in [6.07, 6.45) is -3.57. The predicted octanol–water partition coefficient (Wildman–Crippen LogP) is 3.62. The Balaban J connectivity index is 2.03. The van der Waals surface area contributed by atoms with E-state index in [1.165, 1.54) is 6.07 Å². The molecular weight excluding hydrogens is 327 g/mol. The zero-order valence-electron chi connectivity index (χ0n) is 12.2. The molecule has 0 aromatic heterocycles. The van der Waals surface area contributed by atoms with Crippen LogP contribution in [0, 0.1) is 0 Å². The molecule has 0 aliphatic carbocycles. The van der Waals surface area contributed by atoms with E-state index in [-0.39, 0.29) is 6.54 Å². The van der Waals surface area contributed by atoms with E-state index in [0.717, 1.165) is 23.8 Å². The van der Waals surface area contributed by atoms with Crippen molar-refractivity contribution in [2.75, 3.05) is 6.54 Å². The van der Waals surface area contributed by atoms with Crippen LogP contribution in [0.2, 0.25) is 0 Å². The topological polar surface area (TPSA) is 46.2 Å². The summed E-state index contributed by atoms with van der Waals surface area (Å²) in [5.74, 6) is 0. The minimum atomic E-state index is -4.71. The minimum Gasteiger partial charge on any atom is -0.211 e. The van der Waals surface area contributed by atoms with Crippen molar-refractivity contribution in [2.24, 2.45) is 0 Å². The highest BCUT2D eigenvalue weighted by Gasteiger charge is 2.36. The van der Waals surface area contributed by atoms with Gasteiger partial charge in [0.15, 0.2) is 0 Å². The van der Waals surface area contributed by atoms with Crippen molar-refractivity contribution >= 4 is 10.0 Å². The lowest BCUT2D eigenvalue weighted by molar-refractivity contribution is -0.139.